The van der Waals surface area contributed by atoms with E-state index in [1.54, 1.807) is 11.8 Å². The number of thiazole rings is 1. The maximum atomic E-state index is 11.9. The molecular weight excluding hydrogens is 302 g/mol. The van der Waals surface area contributed by atoms with Gasteiger partial charge in [0.2, 0.25) is 0 Å². The molecule has 2 atom stereocenters. The maximum absolute atomic E-state index is 11.9. The first-order valence-electron chi connectivity index (χ1n) is 6.07. The van der Waals surface area contributed by atoms with Gasteiger partial charge in [0.15, 0.2) is 15.0 Å². The standard InChI is InChI=1S/C11H19N3O2S3/c1-7(12)10-8(2)13-11(18-10)14-4-5-17-6-9(14)19(3,15)16/h7,9H,4-6,12H2,1-3H3. The largest absolute Gasteiger partial charge is 0.329 e. The Morgan fingerprint density at radius 2 is 2.21 bits per heavy atom. The maximum Gasteiger partial charge on any atom is 0.186 e. The van der Waals surface area contributed by atoms with Crippen molar-refractivity contribution in [2.75, 3.05) is 29.2 Å². The number of hydrogen-bond donors (Lipinski definition) is 1. The molecule has 2 unspecified atom stereocenters. The van der Waals surface area contributed by atoms with E-state index in [0.717, 1.165) is 21.5 Å². The summed E-state index contributed by atoms with van der Waals surface area (Å²) in [6, 6.07) is -0.0675. The van der Waals surface area contributed by atoms with Crippen LogP contribution in [0.4, 0.5) is 5.13 Å². The molecule has 0 bridgehead atoms. The molecule has 1 aromatic heterocycles. The van der Waals surface area contributed by atoms with Gasteiger partial charge in [-0.2, -0.15) is 11.8 Å². The van der Waals surface area contributed by atoms with Crippen LogP contribution in [0.5, 0.6) is 0 Å². The molecule has 0 radical (unpaired) electrons. The van der Waals surface area contributed by atoms with Gasteiger partial charge in [0.05, 0.1) is 5.69 Å². The lowest BCUT2D eigenvalue weighted by Gasteiger charge is -2.33. The zero-order chi connectivity index (χ0) is 14.2. The number of aromatic nitrogens is 1. The van der Waals surface area contributed by atoms with Gasteiger partial charge in [0.1, 0.15) is 5.37 Å². The van der Waals surface area contributed by atoms with Crippen LogP contribution in [0, 0.1) is 6.92 Å². The molecule has 2 heterocycles. The minimum absolute atomic E-state index is 0.0675. The third kappa shape index (κ3) is 3.24. The van der Waals surface area contributed by atoms with Crippen LogP contribution in [-0.2, 0) is 9.84 Å². The van der Waals surface area contributed by atoms with Crippen LogP contribution in [-0.4, -0.2) is 43.1 Å². The second-order valence-corrected chi connectivity index (χ2v) is 9.15. The molecule has 0 aliphatic carbocycles. The van der Waals surface area contributed by atoms with Crippen LogP contribution in [0.15, 0.2) is 0 Å². The number of anilines is 1. The van der Waals surface area contributed by atoms with Crippen molar-refractivity contribution in [1.82, 2.24) is 4.98 Å². The Morgan fingerprint density at radius 1 is 1.53 bits per heavy atom. The molecule has 1 saturated heterocycles. The summed E-state index contributed by atoms with van der Waals surface area (Å²) in [7, 11) is -3.11. The highest BCUT2D eigenvalue weighted by atomic mass is 32.2. The summed E-state index contributed by atoms with van der Waals surface area (Å²) in [5, 5.41) is 0.304. The first-order valence-corrected chi connectivity index (χ1v) is 9.99. The summed E-state index contributed by atoms with van der Waals surface area (Å²) in [4.78, 5) is 7.45. The van der Waals surface area contributed by atoms with Gasteiger partial charge in [-0.05, 0) is 13.8 Å². The zero-order valence-corrected chi connectivity index (χ0v) is 13.7. The van der Waals surface area contributed by atoms with Crippen molar-refractivity contribution in [1.29, 1.82) is 0 Å². The number of nitrogens with zero attached hydrogens (tertiary/aromatic N) is 2. The van der Waals surface area contributed by atoms with Gasteiger partial charge < -0.3 is 10.6 Å². The van der Waals surface area contributed by atoms with E-state index in [1.165, 1.54) is 17.6 Å². The van der Waals surface area contributed by atoms with Crippen LogP contribution >= 0.6 is 23.1 Å². The van der Waals surface area contributed by atoms with E-state index in [4.69, 9.17) is 5.73 Å². The SMILES string of the molecule is Cc1nc(N2CCSCC2S(C)(=O)=O)sc1C(C)N. The Balaban J connectivity index is 2.35. The monoisotopic (exact) mass is 321 g/mol. The second-order valence-electron chi connectivity index (χ2n) is 4.79. The average molecular weight is 321 g/mol. The van der Waals surface area contributed by atoms with E-state index in [1.807, 2.05) is 18.7 Å². The second kappa shape index (κ2) is 5.59. The fourth-order valence-corrected chi connectivity index (χ4v) is 6.07. The van der Waals surface area contributed by atoms with E-state index in [2.05, 4.69) is 4.98 Å². The van der Waals surface area contributed by atoms with E-state index < -0.39 is 15.2 Å². The van der Waals surface area contributed by atoms with Gasteiger partial charge in [0.25, 0.3) is 0 Å². The fourth-order valence-electron chi connectivity index (χ4n) is 2.09. The van der Waals surface area contributed by atoms with Crippen LogP contribution in [0.1, 0.15) is 23.5 Å². The van der Waals surface area contributed by atoms with E-state index in [9.17, 15) is 8.42 Å². The number of nitrogens with two attached hydrogens (primary N) is 1. The van der Waals surface area contributed by atoms with Gasteiger partial charge >= 0.3 is 0 Å². The molecule has 2 rings (SSSR count). The molecule has 1 aromatic rings. The summed E-state index contributed by atoms with van der Waals surface area (Å²) in [6.07, 6.45) is 1.30. The molecule has 8 heteroatoms. The van der Waals surface area contributed by atoms with Crippen molar-refractivity contribution < 1.29 is 8.42 Å². The molecule has 1 aliphatic rings. The van der Waals surface area contributed by atoms with Crippen molar-refractivity contribution in [3.8, 4) is 0 Å². The average Bonchev–Trinajstić information content (AvgIpc) is 2.70. The topological polar surface area (TPSA) is 76.3 Å². The van der Waals surface area contributed by atoms with Crippen molar-refractivity contribution in [3.05, 3.63) is 10.6 Å². The van der Waals surface area contributed by atoms with Crippen molar-refractivity contribution >= 4 is 38.1 Å². The lowest BCUT2D eigenvalue weighted by molar-refractivity contribution is 0.584. The summed E-state index contributed by atoms with van der Waals surface area (Å²) in [6.45, 7) is 4.56. The van der Waals surface area contributed by atoms with Crippen molar-refractivity contribution in [2.24, 2.45) is 5.73 Å². The van der Waals surface area contributed by atoms with Gasteiger partial charge in [-0.3, -0.25) is 0 Å². The third-order valence-corrected chi connectivity index (χ3v) is 7.10. The smallest absolute Gasteiger partial charge is 0.186 e. The fraction of sp³-hybridized carbons (Fsp3) is 0.727. The van der Waals surface area contributed by atoms with Crippen molar-refractivity contribution in [2.45, 2.75) is 25.3 Å². The lowest BCUT2D eigenvalue weighted by Crippen LogP contribution is -2.47. The molecular formula is C11H19N3O2S3. The van der Waals surface area contributed by atoms with Crippen molar-refractivity contribution in [3.63, 3.8) is 0 Å². The molecule has 0 aromatic carbocycles. The number of rotatable bonds is 3. The first kappa shape index (κ1) is 15.1. The summed E-state index contributed by atoms with van der Waals surface area (Å²) in [5.74, 6) is 1.53. The Labute approximate surface area is 122 Å². The molecule has 1 fully saturated rings. The quantitative estimate of drug-likeness (QED) is 0.907. The van der Waals surface area contributed by atoms with E-state index in [-0.39, 0.29) is 6.04 Å². The van der Waals surface area contributed by atoms with Gasteiger partial charge in [-0.25, -0.2) is 13.4 Å². The Hall–Kier alpha value is -0.310. The number of hydrogen-bond acceptors (Lipinski definition) is 7. The van der Waals surface area contributed by atoms with E-state index in [0.29, 0.717) is 12.3 Å². The molecule has 0 spiro atoms. The minimum Gasteiger partial charge on any atom is -0.329 e. The van der Waals surface area contributed by atoms with E-state index >= 15 is 0 Å². The van der Waals surface area contributed by atoms with Crippen LogP contribution in [0.2, 0.25) is 0 Å². The highest BCUT2D eigenvalue weighted by Crippen LogP contribution is 2.33. The van der Waals surface area contributed by atoms with Crippen LogP contribution < -0.4 is 10.6 Å². The summed E-state index contributed by atoms with van der Waals surface area (Å²) in [5.41, 5.74) is 6.81. The predicted molar refractivity (Wildman–Crippen MR) is 82.8 cm³/mol. The molecule has 19 heavy (non-hydrogen) atoms. The van der Waals surface area contributed by atoms with Gasteiger partial charge in [0, 0.05) is 35.2 Å². The molecule has 5 nitrogen and oxygen atoms in total. The molecule has 108 valence electrons. The Kier molecular flexibility index (Phi) is 4.44. The van der Waals surface area contributed by atoms with Crippen LogP contribution in [0.25, 0.3) is 0 Å². The van der Waals surface area contributed by atoms with Gasteiger partial charge in [-0.15, -0.1) is 0 Å². The highest BCUT2D eigenvalue weighted by molar-refractivity contribution is 8.01. The summed E-state index contributed by atoms with van der Waals surface area (Å²) < 4.78 is 23.8. The molecule has 1 aliphatic heterocycles. The van der Waals surface area contributed by atoms with Gasteiger partial charge in [-0.1, -0.05) is 11.3 Å². The van der Waals surface area contributed by atoms with Crippen LogP contribution in [0.3, 0.4) is 0 Å². The Bertz CT molecular complexity index is 554. The normalized spacial score (nSPS) is 22.5. The molecule has 0 saturated carbocycles. The highest BCUT2D eigenvalue weighted by Gasteiger charge is 2.33. The minimum atomic E-state index is -3.11. The number of aryl methyl sites for hydroxylation is 1. The lowest BCUT2D eigenvalue weighted by atomic mass is 10.2. The molecule has 2 N–H and O–H groups in total. The zero-order valence-electron chi connectivity index (χ0n) is 11.3. The number of sulfone groups is 1. The number of thioether (sulfide) groups is 1. The Morgan fingerprint density at radius 3 is 2.74 bits per heavy atom. The summed E-state index contributed by atoms with van der Waals surface area (Å²) >= 11 is 3.19. The predicted octanol–water partition coefficient (Wildman–Crippen LogP) is 1.40. The molecule has 0 amide bonds. The third-order valence-electron chi connectivity index (χ3n) is 3.06. The first-order chi connectivity index (χ1) is 8.80.